The van der Waals surface area contributed by atoms with E-state index in [1.165, 1.54) is 0 Å². The molecule has 0 unspecified atom stereocenters. The molecule has 1 fully saturated rings. The highest BCUT2D eigenvalue weighted by molar-refractivity contribution is 5.94. The summed E-state index contributed by atoms with van der Waals surface area (Å²) in [5.74, 6) is 0.801. The summed E-state index contributed by atoms with van der Waals surface area (Å²) in [5.41, 5.74) is 2.06. The molecule has 0 radical (unpaired) electrons. The predicted octanol–water partition coefficient (Wildman–Crippen LogP) is 2.44. The average Bonchev–Trinajstić information content (AvgIpc) is 3.41. The van der Waals surface area contributed by atoms with Crippen molar-refractivity contribution in [3.05, 3.63) is 41.9 Å². The number of para-hydroxylation sites is 1. The second-order valence-corrected chi connectivity index (χ2v) is 6.63. The number of hydrogen-bond donors (Lipinski definition) is 2. The second kappa shape index (κ2) is 7.89. The average molecular weight is 369 g/mol. The molecule has 1 saturated heterocycles. The minimum Gasteiger partial charge on any atom is -0.383 e. The fourth-order valence-electron chi connectivity index (χ4n) is 3.45. The lowest BCUT2D eigenvalue weighted by molar-refractivity contribution is -0.115. The molecule has 0 spiro atoms. The van der Waals surface area contributed by atoms with Crippen LogP contribution in [-0.4, -0.2) is 46.0 Å². The number of aromatic nitrogens is 4. The first-order valence-corrected chi connectivity index (χ1v) is 9.14. The SMILES string of the molecule is COCCn1cc(CC(=O)Nc2n[nH]c([C@@H]3CCCO3)n2)c2ccccc21. The molecule has 2 aromatic heterocycles. The van der Waals surface area contributed by atoms with Crippen LogP contribution in [0.3, 0.4) is 0 Å². The van der Waals surface area contributed by atoms with Gasteiger partial charge in [0.05, 0.1) is 13.0 Å². The number of fused-ring (bicyclic) bond motifs is 1. The zero-order valence-electron chi connectivity index (χ0n) is 15.3. The third-order valence-corrected chi connectivity index (χ3v) is 4.75. The van der Waals surface area contributed by atoms with Gasteiger partial charge in [0, 0.05) is 37.4 Å². The summed E-state index contributed by atoms with van der Waals surface area (Å²) in [4.78, 5) is 16.8. The molecule has 1 amide bonds. The maximum Gasteiger partial charge on any atom is 0.248 e. The van der Waals surface area contributed by atoms with E-state index in [2.05, 4.69) is 31.1 Å². The van der Waals surface area contributed by atoms with Crippen LogP contribution in [0.25, 0.3) is 10.9 Å². The Kier molecular flexibility index (Phi) is 5.17. The van der Waals surface area contributed by atoms with Crippen LogP contribution in [0.4, 0.5) is 5.95 Å². The molecular weight excluding hydrogens is 346 g/mol. The van der Waals surface area contributed by atoms with Crippen molar-refractivity contribution in [2.24, 2.45) is 0 Å². The Bertz CT molecular complexity index is 926. The van der Waals surface area contributed by atoms with Gasteiger partial charge in [0.1, 0.15) is 6.10 Å². The molecule has 1 atom stereocenters. The molecule has 3 heterocycles. The van der Waals surface area contributed by atoms with E-state index in [9.17, 15) is 4.79 Å². The molecule has 1 aliphatic heterocycles. The van der Waals surface area contributed by atoms with E-state index >= 15 is 0 Å². The summed E-state index contributed by atoms with van der Waals surface area (Å²) in [6, 6.07) is 8.06. The van der Waals surface area contributed by atoms with Crippen LogP contribution in [0.1, 0.15) is 30.3 Å². The monoisotopic (exact) mass is 369 g/mol. The number of amides is 1. The van der Waals surface area contributed by atoms with E-state index in [0.29, 0.717) is 12.4 Å². The highest BCUT2D eigenvalue weighted by atomic mass is 16.5. The van der Waals surface area contributed by atoms with Gasteiger partial charge < -0.3 is 14.0 Å². The summed E-state index contributed by atoms with van der Waals surface area (Å²) in [5, 5.41) is 10.8. The zero-order chi connectivity index (χ0) is 18.6. The molecular formula is C19H23N5O3. The van der Waals surface area contributed by atoms with Crippen LogP contribution < -0.4 is 5.32 Å². The number of benzene rings is 1. The molecule has 8 nitrogen and oxygen atoms in total. The normalized spacial score (nSPS) is 16.9. The van der Waals surface area contributed by atoms with Crippen molar-refractivity contribution in [2.75, 3.05) is 25.6 Å². The summed E-state index contributed by atoms with van der Waals surface area (Å²) in [6.07, 6.45) is 4.15. The number of ether oxygens (including phenoxy) is 2. The highest BCUT2D eigenvalue weighted by Crippen LogP contribution is 2.26. The molecule has 8 heteroatoms. The Morgan fingerprint density at radius 1 is 1.44 bits per heavy atom. The first-order chi connectivity index (χ1) is 13.2. The largest absolute Gasteiger partial charge is 0.383 e. The van der Waals surface area contributed by atoms with E-state index in [1.807, 2.05) is 24.4 Å². The molecule has 3 aromatic rings. The maximum atomic E-state index is 12.5. The summed E-state index contributed by atoms with van der Waals surface area (Å²) in [7, 11) is 1.68. The number of carbonyl (C=O) groups excluding carboxylic acids is 1. The Hall–Kier alpha value is -2.71. The van der Waals surface area contributed by atoms with Gasteiger partial charge in [-0.15, -0.1) is 5.10 Å². The third-order valence-electron chi connectivity index (χ3n) is 4.75. The number of carbonyl (C=O) groups is 1. The Morgan fingerprint density at radius 3 is 3.15 bits per heavy atom. The Balaban J connectivity index is 1.46. The van der Waals surface area contributed by atoms with Gasteiger partial charge in [-0.25, -0.2) is 0 Å². The van der Waals surface area contributed by atoms with Gasteiger partial charge in [0.2, 0.25) is 11.9 Å². The van der Waals surface area contributed by atoms with E-state index in [0.717, 1.165) is 42.5 Å². The van der Waals surface area contributed by atoms with Crippen molar-refractivity contribution in [3.63, 3.8) is 0 Å². The van der Waals surface area contributed by atoms with Gasteiger partial charge >= 0.3 is 0 Å². The van der Waals surface area contributed by atoms with Crippen molar-refractivity contribution >= 4 is 22.8 Å². The van der Waals surface area contributed by atoms with Crippen molar-refractivity contribution in [1.29, 1.82) is 0 Å². The van der Waals surface area contributed by atoms with Gasteiger partial charge in [0.15, 0.2) is 5.82 Å². The second-order valence-electron chi connectivity index (χ2n) is 6.63. The predicted molar refractivity (Wildman–Crippen MR) is 100 cm³/mol. The van der Waals surface area contributed by atoms with Gasteiger partial charge in [-0.1, -0.05) is 18.2 Å². The lowest BCUT2D eigenvalue weighted by Crippen LogP contribution is -2.15. The van der Waals surface area contributed by atoms with Crippen molar-refractivity contribution in [2.45, 2.75) is 31.9 Å². The molecule has 142 valence electrons. The molecule has 27 heavy (non-hydrogen) atoms. The fraction of sp³-hybridized carbons (Fsp3) is 0.421. The first kappa shape index (κ1) is 17.7. The van der Waals surface area contributed by atoms with E-state index in [-0.39, 0.29) is 24.4 Å². The lowest BCUT2D eigenvalue weighted by Gasteiger charge is -2.03. The molecule has 4 rings (SSSR count). The fourth-order valence-corrected chi connectivity index (χ4v) is 3.45. The van der Waals surface area contributed by atoms with Crippen molar-refractivity contribution in [1.82, 2.24) is 19.7 Å². The van der Waals surface area contributed by atoms with Crippen LogP contribution in [0.5, 0.6) is 0 Å². The van der Waals surface area contributed by atoms with Gasteiger partial charge in [-0.3, -0.25) is 15.2 Å². The number of anilines is 1. The van der Waals surface area contributed by atoms with Crippen molar-refractivity contribution < 1.29 is 14.3 Å². The molecule has 1 aromatic carbocycles. The number of nitrogens with one attached hydrogen (secondary N) is 2. The lowest BCUT2D eigenvalue weighted by atomic mass is 10.1. The minimum absolute atomic E-state index is 0.0538. The van der Waals surface area contributed by atoms with E-state index < -0.39 is 0 Å². The number of nitrogens with zero attached hydrogens (tertiary/aromatic N) is 3. The van der Waals surface area contributed by atoms with Crippen LogP contribution >= 0.6 is 0 Å². The van der Waals surface area contributed by atoms with Crippen LogP contribution in [-0.2, 0) is 27.2 Å². The standard InChI is InChI=1S/C19H23N5O3/c1-26-10-8-24-12-13(14-5-2-3-6-15(14)24)11-17(25)20-19-21-18(22-23-19)16-7-4-9-27-16/h2-3,5-6,12,16H,4,7-11H2,1H3,(H2,20,21,22,23,25)/t16-/m0/s1. The van der Waals surface area contributed by atoms with Gasteiger partial charge in [0.25, 0.3) is 0 Å². The third kappa shape index (κ3) is 3.86. The first-order valence-electron chi connectivity index (χ1n) is 9.14. The molecule has 0 saturated carbocycles. The van der Waals surface area contributed by atoms with E-state index in [4.69, 9.17) is 9.47 Å². The Morgan fingerprint density at radius 2 is 2.33 bits per heavy atom. The highest BCUT2D eigenvalue weighted by Gasteiger charge is 2.22. The van der Waals surface area contributed by atoms with E-state index in [1.54, 1.807) is 7.11 Å². The molecule has 1 aliphatic rings. The molecule has 0 bridgehead atoms. The van der Waals surface area contributed by atoms with Crippen LogP contribution in [0.15, 0.2) is 30.5 Å². The summed E-state index contributed by atoms with van der Waals surface area (Å²) >= 11 is 0. The number of aromatic amines is 1. The van der Waals surface area contributed by atoms with Crippen LogP contribution in [0, 0.1) is 0 Å². The molecule has 2 N–H and O–H groups in total. The smallest absolute Gasteiger partial charge is 0.248 e. The maximum absolute atomic E-state index is 12.5. The quantitative estimate of drug-likeness (QED) is 0.667. The summed E-state index contributed by atoms with van der Waals surface area (Å²) in [6.45, 7) is 2.10. The van der Waals surface area contributed by atoms with Gasteiger partial charge in [-0.05, 0) is 24.5 Å². The topological polar surface area (TPSA) is 94.1 Å². The van der Waals surface area contributed by atoms with Crippen molar-refractivity contribution in [3.8, 4) is 0 Å². The number of hydrogen-bond acceptors (Lipinski definition) is 5. The Labute approximate surface area is 156 Å². The number of H-pyrrole nitrogens is 1. The zero-order valence-corrected chi connectivity index (χ0v) is 15.3. The van der Waals surface area contributed by atoms with Gasteiger partial charge in [-0.2, -0.15) is 4.98 Å². The number of methoxy groups -OCH3 is 1. The molecule has 0 aliphatic carbocycles. The minimum atomic E-state index is -0.150. The number of rotatable bonds is 7. The van der Waals surface area contributed by atoms with Crippen LogP contribution in [0.2, 0.25) is 0 Å². The summed E-state index contributed by atoms with van der Waals surface area (Å²) < 4.78 is 12.9.